The average Bonchev–Trinajstić information content (AvgIpc) is 3.19. The molecule has 0 spiro atoms. The van der Waals surface area contributed by atoms with E-state index in [1.807, 2.05) is 32.9 Å². The van der Waals surface area contributed by atoms with E-state index in [1.54, 1.807) is 41.1 Å². The highest BCUT2D eigenvalue weighted by atomic mass is 35.5. The number of fused-ring (bicyclic) bond motifs is 2. The molecule has 8 nitrogen and oxygen atoms in total. The fraction of sp³-hybridized carbons (Fsp3) is 0.174. The van der Waals surface area contributed by atoms with Gasteiger partial charge < -0.3 is 13.7 Å². The maximum Gasteiger partial charge on any atom is 0.461 e. The normalized spacial score (nSPS) is 12.7. The van der Waals surface area contributed by atoms with Crippen LogP contribution in [-0.4, -0.2) is 37.4 Å². The number of nitrogens with zero attached hydrogens (tertiary/aromatic N) is 1. The van der Waals surface area contributed by atoms with Crippen LogP contribution in [0, 0.1) is 0 Å². The van der Waals surface area contributed by atoms with Crippen molar-refractivity contribution < 1.29 is 26.9 Å². The van der Waals surface area contributed by atoms with Crippen molar-refractivity contribution in [3.63, 3.8) is 0 Å². The van der Waals surface area contributed by atoms with Gasteiger partial charge in [0.1, 0.15) is 50.2 Å². The molecule has 290 valence electrons. The highest BCUT2D eigenvalue weighted by Gasteiger charge is 2.44. The molecule has 1 amide bonds. The second-order valence-electron chi connectivity index (χ2n) is 14.8. The first-order valence-electron chi connectivity index (χ1n) is 18.7. The standard InChI is InChI=1S/C46H42ClN2O6PS/c1-46(2,3)55-45(50)48-49(29-15-16-30-56(35-17-7-4-8-18-35,36-19-9-5-10-20-36)37-21-11-6-12-22-37)34-26-28-39-42(32-34)54-41-31-33(47)25-27-38(41)44(39)40-23-13-14-24-43(40)57(51,52)53/h4-14,17-28,31-32H,15-16,29-30H2,1-3H3/p+1/b49-34+. The van der Waals surface area contributed by atoms with Crippen LogP contribution in [-0.2, 0) is 14.9 Å². The molecule has 0 unspecified atom stereocenters. The molecule has 2 aliphatic rings. The van der Waals surface area contributed by atoms with Crippen molar-refractivity contribution >= 4 is 62.0 Å². The van der Waals surface area contributed by atoms with Gasteiger partial charge in [-0.25, -0.2) is 13.2 Å². The predicted molar refractivity (Wildman–Crippen MR) is 230 cm³/mol. The molecule has 5 aromatic carbocycles. The summed E-state index contributed by atoms with van der Waals surface area (Å²) in [6, 6.07) is 48.8. The molecule has 1 aliphatic carbocycles. The Morgan fingerprint density at radius 3 is 1.91 bits per heavy atom. The number of ether oxygens (including phenoxy) is 1. The van der Waals surface area contributed by atoms with E-state index in [4.69, 9.17) is 20.8 Å². The van der Waals surface area contributed by atoms with Crippen molar-refractivity contribution in [3.8, 4) is 22.5 Å². The van der Waals surface area contributed by atoms with Crippen molar-refractivity contribution in [2.45, 2.75) is 44.1 Å². The topological polar surface area (TPSA) is 112 Å². The highest BCUT2D eigenvalue weighted by Crippen LogP contribution is 2.56. The first kappa shape index (κ1) is 39.9. The maximum atomic E-state index is 13.3. The monoisotopic (exact) mass is 817 g/mol. The average molecular weight is 818 g/mol. The van der Waals surface area contributed by atoms with Crippen molar-refractivity contribution in [2.75, 3.05) is 12.7 Å². The van der Waals surface area contributed by atoms with Crippen molar-refractivity contribution in [1.29, 1.82) is 0 Å². The Kier molecular flexibility index (Phi) is 11.7. The van der Waals surface area contributed by atoms with Crippen molar-refractivity contribution in [3.05, 3.63) is 162 Å². The molecule has 1 aliphatic heterocycles. The van der Waals surface area contributed by atoms with E-state index in [0.717, 1.165) is 12.6 Å². The Morgan fingerprint density at radius 2 is 1.33 bits per heavy atom. The van der Waals surface area contributed by atoms with Gasteiger partial charge in [0.15, 0.2) is 6.54 Å². The number of hydrazine groups is 1. The number of carbonyl (C=O) groups is 1. The van der Waals surface area contributed by atoms with E-state index >= 15 is 0 Å². The zero-order chi connectivity index (χ0) is 40.2. The molecular weight excluding hydrogens is 775 g/mol. The zero-order valence-electron chi connectivity index (χ0n) is 31.9. The van der Waals surface area contributed by atoms with Gasteiger partial charge in [-0.05, 0) is 87.9 Å². The summed E-state index contributed by atoms with van der Waals surface area (Å²) >= 11 is 6.41. The molecule has 0 aromatic heterocycles. The van der Waals surface area contributed by atoms with Gasteiger partial charge in [0.05, 0.1) is 17.1 Å². The van der Waals surface area contributed by atoms with Crippen LogP contribution in [0.25, 0.3) is 33.4 Å². The van der Waals surface area contributed by atoms with Crippen molar-refractivity contribution in [2.24, 2.45) is 0 Å². The highest BCUT2D eigenvalue weighted by molar-refractivity contribution is 7.95. The third kappa shape index (κ3) is 8.83. The molecule has 0 radical (unpaired) electrons. The van der Waals surface area contributed by atoms with Gasteiger partial charge in [0, 0.05) is 45.7 Å². The Bertz CT molecular complexity index is 2590. The van der Waals surface area contributed by atoms with Gasteiger partial charge in [-0.2, -0.15) is 0 Å². The zero-order valence-corrected chi connectivity index (χ0v) is 34.4. The fourth-order valence-corrected chi connectivity index (χ4v) is 12.6. The summed E-state index contributed by atoms with van der Waals surface area (Å²) < 4.78 is 51.3. The summed E-state index contributed by atoms with van der Waals surface area (Å²) in [6.07, 6.45) is 1.84. The number of hydrogen-bond donors (Lipinski definition) is 1. The third-order valence-electron chi connectivity index (χ3n) is 9.75. The molecule has 5 aromatic rings. The Balaban J connectivity index is 1.33. The minimum absolute atomic E-state index is 0.249. The molecule has 0 saturated heterocycles. The summed E-state index contributed by atoms with van der Waals surface area (Å²) in [5.74, 6) is 0.397. The van der Waals surface area contributed by atoms with Gasteiger partial charge >= 0.3 is 6.09 Å². The summed E-state index contributed by atoms with van der Waals surface area (Å²) in [5, 5.41) is 5.53. The van der Waals surface area contributed by atoms with Crippen LogP contribution in [0.5, 0.6) is 0 Å². The number of halogens is 1. The van der Waals surface area contributed by atoms with Crippen LogP contribution in [0.4, 0.5) is 4.79 Å². The molecule has 7 rings (SSSR count). The van der Waals surface area contributed by atoms with Crippen LogP contribution in [0.15, 0.2) is 161 Å². The van der Waals surface area contributed by atoms with E-state index in [2.05, 4.69) is 96.4 Å². The summed E-state index contributed by atoms with van der Waals surface area (Å²) in [4.78, 5) is 13.0. The Labute approximate surface area is 338 Å². The van der Waals surface area contributed by atoms with Gasteiger partial charge in [-0.1, -0.05) is 89.8 Å². The van der Waals surface area contributed by atoms with E-state index in [0.29, 0.717) is 51.2 Å². The number of hydrogen-bond acceptors (Lipinski definition) is 6. The Hall–Kier alpha value is -5.31. The smallest absolute Gasteiger partial charge is 0.461 e. The van der Waals surface area contributed by atoms with E-state index < -0.39 is 29.1 Å². The molecular formula is C46H43ClN2O6PS+. The number of unbranched alkanes of at least 4 members (excludes halogenated alkanes) is 1. The molecule has 0 atom stereocenters. The van der Waals surface area contributed by atoms with Crippen molar-refractivity contribution in [1.82, 2.24) is 10.1 Å². The van der Waals surface area contributed by atoms with Gasteiger partial charge in [-0.3, -0.25) is 0 Å². The lowest BCUT2D eigenvalue weighted by atomic mass is 9.93. The van der Waals surface area contributed by atoms with Crippen LogP contribution < -0.4 is 31.4 Å². The molecule has 57 heavy (non-hydrogen) atoms. The minimum atomic E-state index is -4.83. The first-order chi connectivity index (χ1) is 27.3. The fourth-order valence-electron chi connectivity index (χ4n) is 7.36. The summed E-state index contributed by atoms with van der Waals surface area (Å²) in [6.45, 7) is 5.86. The third-order valence-corrected chi connectivity index (χ3v) is 15.4. The maximum absolute atomic E-state index is 13.3. The second kappa shape index (κ2) is 16.7. The molecule has 11 heteroatoms. The number of amides is 1. The molecule has 0 saturated carbocycles. The van der Waals surface area contributed by atoms with Gasteiger partial charge in [0.2, 0.25) is 5.36 Å². The van der Waals surface area contributed by atoms with Crippen LogP contribution in [0.2, 0.25) is 5.02 Å². The summed E-state index contributed by atoms with van der Waals surface area (Å²) in [7, 11) is -6.90. The lowest BCUT2D eigenvalue weighted by molar-refractivity contribution is 0.0476. The number of nitrogens with one attached hydrogen (secondary N) is 1. The quantitative estimate of drug-likeness (QED) is 0.0349. The van der Waals surface area contributed by atoms with Crippen LogP contribution >= 0.6 is 18.9 Å². The molecule has 0 fully saturated rings. The predicted octanol–water partition coefficient (Wildman–Crippen LogP) is 8.75. The lowest BCUT2D eigenvalue weighted by Gasteiger charge is -2.27. The molecule has 0 bridgehead atoms. The van der Waals surface area contributed by atoms with Gasteiger partial charge in [0.25, 0.3) is 0 Å². The lowest BCUT2D eigenvalue weighted by Crippen LogP contribution is -2.47. The van der Waals surface area contributed by atoms with E-state index in [1.165, 1.54) is 28.0 Å². The Morgan fingerprint density at radius 1 is 0.754 bits per heavy atom. The van der Waals surface area contributed by atoms with Crippen LogP contribution in [0.1, 0.15) is 33.6 Å². The molecule has 1 heterocycles. The van der Waals surface area contributed by atoms with E-state index in [-0.39, 0.29) is 10.5 Å². The molecule has 1 N–H and O–H groups in total. The number of rotatable bonds is 11. The second-order valence-corrected chi connectivity index (χ2v) is 20.2. The minimum Gasteiger partial charge on any atom is -0.744 e. The number of benzene rings is 6. The number of carbonyl (C=O) groups excluding carboxylic acids is 1. The summed E-state index contributed by atoms with van der Waals surface area (Å²) in [5.41, 5.74) is 3.97. The largest absolute Gasteiger partial charge is 0.744 e. The van der Waals surface area contributed by atoms with E-state index in [9.17, 15) is 17.8 Å². The van der Waals surface area contributed by atoms with Crippen LogP contribution in [0.3, 0.4) is 0 Å². The first-order valence-corrected chi connectivity index (χ1v) is 22.5. The SMILES string of the molecule is CC(C)(C)OC(=O)N/[N+](CCCC[P+](c1ccccc1)(c1ccccc1)c1ccccc1)=c1\ccc2c(-c3ccccc3S(=O)(=O)[O-])c3ccc(Cl)cc3oc-2c1. The van der Waals surface area contributed by atoms with Gasteiger partial charge in [-0.15, -0.1) is 4.68 Å².